The molecule has 4 N–H and O–H groups in total. The number of carbonyl (C=O) groups excluding carboxylic acids is 1. The summed E-state index contributed by atoms with van der Waals surface area (Å²) < 4.78 is 23.6. The van der Waals surface area contributed by atoms with Gasteiger partial charge >= 0.3 is 15.2 Å². The number of piperidine rings is 1. The third-order valence-electron chi connectivity index (χ3n) is 5.46. The third-order valence-corrected chi connectivity index (χ3v) is 9.14. The van der Waals surface area contributed by atoms with Gasteiger partial charge in [0.05, 0.1) is 9.85 Å². The van der Waals surface area contributed by atoms with Crippen LogP contribution in [-0.4, -0.2) is 65.1 Å². The minimum atomic E-state index is -5.24. The summed E-state index contributed by atoms with van der Waals surface area (Å²) in [4.78, 5) is 73.2. The van der Waals surface area contributed by atoms with Crippen molar-refractivity contribution >= 4 is 44.5 Å². The summed E-state index contributed by atoms with van der Waals surface area (Å²) in [6.45, 7) is -1.18. The molecule has 0 spiro atoms. The van der Waals surface area contributed by atoms with Gasteiger partial charge in [0.25, 0.3) is 11.4 Å². The normalized spacial score (nSPS) is 17.5. The summed E-state index contributed by atoms with van der Waals surface area (Å²) in [5.74, 6) is -0.475. The number of nitro groups is 2. The van der Waals surface area contributed by atoms with Gasteiger partial charge in [-0.15, -0.1) is 0 Å². The number of nitro benzene ring substituents is 2. The minimum Gasteiger partial charge on any atom is -0.324 e. The molecule has 14 nitrogen and oxygen atoms in total. The average molecular weight is 553 g/mol. The molecule has 196 valence electrons. The fourth-order valence-electron chi connectivity index (χ4n) is 3.67. The molecule has 1 aliphatic heterocycles. The Morgan fingerprint density at radius 2 is 1.14 bits per heavy atom. The highest BCUT2D eigenvalue weighted by Gasteiger charge is 2.45. The number of likely N-dealkylation sites (tertiary alicyclic amines) is 1. The fraction of sp³-hybridized carbons (Fsp3) is 0.190. The third kappa shape index (κ3) is 7.34. The number of nitrogens with zero attached hydrogens (tertiary/aromatic N) is 3. The number of ketones is 1. The van der Waals surface area contributed by atoms with Gasteiger partial charge in [0.2, 0.25) is 0 Å². The van der Waals surface area contributed by atoms with Crippen LogP contribution in [0.2, 0.25) is 0 Å². The van der Waals surface area contributed by atoms with Gasteiger partial charge in [-0.25, -0.2) is 0 Å². The monoisotopic (exact) mass is 553 g/mol. The number of hydrogen-bond donors (Lipinski definition) is 4. The maximum absolute atomic E-state index is 13.2. The predicted octanol–water partition coefficient (Wildman–Crippen LogP) is 2.54. The SMILES string of the molecule is O=C1/C(=C/c2ccc([N+](=O)[O-])cc2)CN(CC(P(=O)(O)O)P(=O)(O)O)C/C1=C\c1ccc([N+](=O)[O-])cc1. The van der Waals surface area contributed by atoms with E-state index in [0.717, 1.165) is 0 Å². The van der Waals surface area contributed by atoms with E-state index in [1.54, 1.807) is 0 Å². The molecule has 0 aromatic heterocycles. The molecule has 0 bridgehead atoms. The summed E-state index contributed by atoms with van der Waals surface area (Å²) in [6.07, 6.45) is 2.82. The van der Waals surface area contributed by atoms with Crippen molar-refractivity contribution < 1.29 is 43.3 Å². The summed E-state index contributed by atoms with van der Waals surface area (Å²) in [6, 6.07) is 10.5. The molecule has 0 saturated carbocycles. The fourth-order valence-corrected chi connectivity index (χ4v) is 6.12. The van der Waals surface area contributed by atoms with Crippen molar-refractivity contribution in [1.29, 1.82) is 0 Å². The number of non-ortho nitro benzene ring substituents is 2. The maximum Gasteiger partial charge on any atom is 0.342 e. The van der Waals surface area contributed by atoms with E-state index in [1.165, 1.54) is 65.6 Å². The molecule has 2 aromatic carbocycles. The molecule has 1 aliphatic rings. The van der Waals surface area contributed by atoms with Gasteiger partial charge in [0, 0.05) is 55.0 Å². The zero-order valence-corrected chi connectivity index (χ0v) is 20.6. The molecule has 2 aromatic rings. The van der Waals surface area contributed by atoms with Gasteiger partial charge in [0.15, 0.2) is 11.2 Å². The van der Waals surface area contributed by atoms with Crippen molar-refractivity contribution in [2.24, 2.45) is 0 Å². The van der Waals surface area contributed by atoms with Crippen molar-refractivity contribution in [3.05, 3.63) is 91.0 Å². The van der Waals surface area contributed by atoms with Crippen LogP contribution >= 0.6 is 15.2 Å². The Morgan fingerprint density at radius 3 is 1.43 bits per heavy atom. The van der Waals surface area contributed by atoms with E-state index in [4.69, 9.17) is 0 Å². The molecule has 0 unspecified atom stereocenters. The smallest absolute Gasteiger partial charge is 0.324 e. The molecule has 1 fully saturated rings. The second-order valence-electron chi connectivity index (χ2n) is 8.19. The number of rotatable bonds is 8. The number of Topliss-reactive ketones (excluding diaryl/α,β-unsaturated/α-hetero) is 1. The Morgan fingerprint density at radius 1 is 0.784 bits per heavy atom. The van der Waals surface area contributed by atoms with E-state index >= 15 is 0 Å². The predicted molar refractivity (Wildman–Crippen MR) is 131 cm³/mol. The molecular weight excluding hydrogens is 532 g/mol. The first-order valence-corrected chi connectivity index (χ1v) is 13.8. The van der Waals surface area contributed by atoms with Crippen LogP contribution in [0, 0.1) is 20.2 Å². The largest absolute Gasteiger partial charge is 0.342 e. The van der Waals surface area contributed by atoms with Gasteiger partial charge < -0.3 is 19.6 Å². The average Bonchev–Trinajstić information content (AvgIpc) is 2.79. The lowest BCUT2D eigenvalue weighted by Gasteiger charge is -2.33. The Balaban J connectivity index is 2.02. The molecule has 3 rings (SSSR count). The second kappa shape index (κ2) is 11.0. The molecule has 0 radical (unpaired) electrons. The Hall–Kier alpha value is -3.35. The van der Waals surface area contributed by atoms with Crippen LogP contribution in [0.15, 0.2) is 59.7 Å². The van der Waals surface area contributed by atoms with E-state index in [0.29, 0.717) is 11.1 Å². The lowest BCUT2D eigenvalue weighted by Crippen LogP contribution is -2.41. The highest BCUT2D eigenvalue weighted by atomic mass is 31.2. The molecule has 37 heavy (non-hydrogen) atoms. The van der Waals surface area contributed by atoms with Crippen LogP contribution in [-0.2, 0) is 13.9 Å². The van der Waals surface area contributed by atoms with Crippen molar-refractivity contribution in [1.82, 2.24) is 4.90 Å². The van der Waals surface area contributed by atoms with Crippen LogP contribution in [0.4, 0.5) is 11.4 Å². The lowest BCUT2D eigenvalue weighted by molar-refractivity contribution is -0.385. The molecule has 0 amide bonds. The van der Waals surface area contributed by atoms with Crippen LogP contribution in [0.1, 0.15) is 11.1 Å². The number of hydrogen-bond acceptors (Lipinski definition) is 8. The first-order valence-electron chi connectivity index (χ1n) is 10.4. The minimum absolute atomic E-state index is 0.100. The molecular formula is C21H21N3O11P2. The lowest BCUT2D eigenvalue weighted by atomic mass is 9.94. The van der Waals surface area contributed by atoms with Gasteiger partial charge in [0.1, 0.15) is 0 Å². The van der Waals surface area contributed by atoms with Crippen LogP contribution < -0.4 is 0 Å². The van der Waals surface area contributed by atoms with E-state index in [9.17, 15) is 53.7 Å². The second-order valence-corrected chi connectivity index (χ2v) is 12.2. The van der Waals surface area contributed by atoms with Crippen molar-refractivity contribution in [2.45, 2.75) is 5.40 Å². The topological polar surface area (TPSA) is 222 Å². The van der Waals surface area contributed by atoms with Gasteiger partial charge in [-0.1, -0.05) is 0 Å². The van der Waals surface area contributed by atoms with E-state index in [2.05, 4.69) is 0 Å². The highest BCUT2D eigenvalue weighted by molar-refractivity contribution is 7.70. The van der Waals surface area contributed by atoms with Crippen molar-refractivity contribution in [3.8, 4) is 0 Å². The van der Waals surface area contributed by atoms with Crippen molar-refractivity contribution in [2.75, 3.05) is 19.6 Å². The van der Waals surface area contributed by atoms with Crippen LogP contribution in [0.3, 0.4) is 0 Å². The molecule has 0 aliphatic carbocycles. The summed E-state index contributed by atoms with van der Waals surface area (Å²) in [5, 5.41) is 19.5. The summed E-state index contributed by atoms with van der Waals surface area (Å²) >= 11 is 0. The van der Waals surface area contributed by atoms with Gasteiger partial charge in [-0.3, -0.25) is 39.1 Å². The quantitative estimate of drug-likeness (QED) is 0.160. The first-order chi connectivity index (χ1) is 17.1. The summed E-state index contributed by atoms with van der Waals surface area (Å²) in [7, 11) is -10.5. The van der Waals surface area contributed by atoms with Crippen LogP contribution in [0.25, 0.3) is 12.2 Å². The van der Waals surface area contributed by atoms with E-state index in [1.807, 2.05) is 0 Å². The van der Waals surface area contributed by atoms with E-state index < -0.39 is 42.8 Å². The first kappa shape index (κ1) is 28.2. The maximum atomic E-state index is 13.2. The zero-order valence-electron chi connectivity index (χ0n) is 18.9. The van der Waals surface area contributed by atoms with Gasteiger partial charge in [-0.05, 0) is 47.5 Å². The summed E-state index contributed by atoms with van der Waals surface area (Å²) in [5.41, 5.74) is 0.665. The number of carbonyl (C=O) groups is 1. The Kier molecular flexibility index (Phi) is 8.35. The molecule has 16 heteroatoms. The Bertz CT molecular complexity index is 1270. The zero-order chi connectivity index (χ0) is 27.5. The number of benzene rings is 2. The molecule has 1 saturated heterocycles. The standard InChI is InChI=1S/C21H21N3O11P2/c25-21-16(9-14-1-5-18(6-2-14)23(26)27)11-22(13-20(36(30,31)32)37(33,34)35)12-17(21)10-15-3-7-19(8-4-15)24(28)29/h1-10,20H,11-13H2,(H2,30,31,32)(H2,33,34,35)/b16-9+,17-10+. The molecule has 0 atom stereocenters. The highest BCUT2D eigenvalue weighted by Crippen LogP contribution is 2.60. The van der Waals surface area contributed by atoms with Gasteiger partial charge in [-0.2, -0.15) is 0 Å². The van der Waals surface area contributed by atoms with Crippen molar-refractivity contribution in [3.63, 3.8) is 0 Å². The van der Waals surface area contributed by atoms with E-state index in [-0.39, 0.29) is 35.6 Å². The van der Waals surface area contributed by atoms with Crippen LogP contribution in [0.5, 0.6) is 0 Å². The molecule has 1 heterocycles. The Labute approximate surface area is 209 Å².